The molecule has 6 nitrogen and oxygen atoms in total. The maximum absolute atomic E-state index is 11.5. The monoisotopic (exact) mass is 416 g/mol. The standard InChI is InChI=1S/C24H32O6/c1-22-8-7-15-16(5-4-13-9-14(25)10-17(26)23(13,15)2)24(22)21(30-24)20(28)19(22)12-3-6-18(27)29-11-12/h3,6,11,13-17,19-21,25-26,28H,4-5,7-10H2,1-2H3/t13-,14-,15+,16-,17-,19+,20+,21-,22-,23+,24-/m1/s1. The van der Waals surface area contributed by atoms with E-state index in [4.69, 9.17) is 9.15 Å². The van der Waals surface area contributed by atoms with Gasteiger partial charge < -0.3 is 24.5 Å². The molecule has 11 atom stereocenters. The molecule has 5 fully saturated rings. The molecule has 0 radical (unpaired) electrons. The SMILES string of the molecule is C[C@]12[C@H](CC[C@@H]3[C@@H]1CC[C@]1(C)[C@@H](c4ccc(=O)oc4)[C@H](O)[C@H]4O[C@]341)C[C@@H](O)C[C@H]2O. The molecule has 1 aromatic rings. The van der Waals surface area contributed by atoms with Crippen LogP contribution in [0.4, 0.5) is 0 Å². The van der Waals surface area contributed by atoms with Gasteiger partial charge in [-0.15, -0.1) is 0 Å². The van der Waals surface area contributed by atoms with E-state index in [1.54, 1.807) is 6.07 Å². The van der Waals surface area contributed by atoms with Gasteiger partial charge in [0.05, 0.1) is 24.6 Å². The summed E-state index contributed by atoms with van der Waals surface area (Å²) in [6, 6.07) is 3.23. The summed E-state index contributed by atoms with van der Waals surface area (Å²) < 4.78 is 11.6. The summed E-state index contributed by atoms with van der Waals surface area (Å²) in [6.07, 6.45) is 4.92. The van der Waals surface area contributed by atoms with Crippen LogP contribution in [-0.4, -0.2) is 45.3 Å². The molecule has 4 aliphatic carbocycles. The number of fused-ring (bicyclic) bond motifs is 3. The van der Waals surface area contributed by atoms with E-state index >= 15 is 0 Å². The van der Waals surface area contributed by atoms with E-state index in [1.807, 2.05) is 0 Å². The second-order valence-corrected chi connectivity index (χ2v) is 11.1. The molecule has 6 heteroatoms. The van der Waals surface area contributed by atoms with Crippen molar-refractivity contribution in [3.8, 4) is 0 Å². The van der Waals surface area contributed by atoms with Crippen LogP contribution < -0.4 is 5.63 Å². The van der Waals surface area contributed by atoms with Gasteiger partial charge >= 0.3 is 5.63 Å². The minimum absolute atomic E-state index is 0.120. The highest BCUT2D eigenvalue weighted by atomic mass is 16.6. The molecule has 1 aromatic heterocycles. The number of hydrogen-bond acceptors (Lipinski definition) is 6. The molecule has 3 N–H and O–H groups in total. The molecule has 6 rings (SSSR count). The number of rotatable bonds is 1. The summed E-state index contributed by atoms with van der Waals surface area (Å²) in [4.78, 5) is 11.5. The Morgan fingerprint density at radius 1 is 1.03 bits per heavy atom. The zero-order chi connectivity index (χ0) is 21.1. The van der Waals surface area contributed by atoms with E-state index in [2.05, 4.69) is 13.8 Å². The molecule has 30 heavy (non-hydrogen) atoms. The van der Waals surface area contributed by atoms with Gasteiger partial charge in [-0.25, -0.2) is 4.79 Å². The fraction of sp³-hybridized carbons (Fsp3) is 0.792. The first-order valence-electron chi connectivity index (χ1n) is 11.5. The van der Waals surface area contributed by atoms with Gasteiger partial charge in [0, 0.05) is 17.4 Å². The molecule has 2 heterocycles. The minimum Gasteiger partial charge on any atom is -0.431 e. The Kier molecular flexibility index (Phi) is 3.88. The van der Waals surface area contributed by atoms with E-state index in [0.717, 1.165) is 37.7 Å². The van der Waals surface area contributed by atoms with Crippen LogP contribution in [0.25, 0.3) is 0 Å². The molecule has 1 aliphatic heterocycles. The maximum Gasteiger partial charge on any atom is 0.335 e. The Balaban J connectivity index is 1.40. The molecule has 0 unspecified atom stereocenters. The lowest BCUT2D eigenvalue weighted by Gasteiger charge is -2.62. The summed E-state index contributed by atoms with van der Waals surface area (Å²) >= 11 is 0. The number of aliphatic hydroxyl groups excluding tert-OH is 3. The summed E-state index contributed by atoms with van der Waals surface area (Å²) in [7, 11) is 0. The lowest BCUT2D eigenvalue weighted by atomic mass is 9.43. The zero-order valence-corrected chi connectivity index (χ0v) is 17.7. The van der Waals surface area contributed by atoms with Crippen molar-refractivity contribution >= 4 is 0 Å². The van der Waals surface area contributed by atoms with Gasteiger partial charge in [-0.2, -0.15) is 0 Å². The zero-order valence-electron chi connectivity index (χ0n) is 17.7. The Labute approximate surface area is 176 Å². The van der Waals surface area contributed by atoms with Crippen LogP contribution in [0.2, 0.25) is 0 Å². The van der Waals surface area contributed by atoms with Crippen molar-refractivity contribution in [2.45, 2.75) is 88.3 Å². The maximum atomic E-state index is 11.5. The Bertz CT molecular complexity index is 908. The fourth-order valence-corrected chi connectivity index (χ4v) is 8.87. The first-order chi connectivity index (χ1) is 14.2. The van der Waals surface area contributed by atoms with Gasteiger partial charge in [0.1, 0.15) is 11.7 Å². The Morgan fingerprint density at radius 3 is 2.57 bits per heavy atom. The van der Waals surface area contributed by atoms with Gasteiger partial charge in [0.15, 0.2) is 0 Å². The van der Waals surface area contributed by atoms with Gasteiger partial charge in [0.25, 0.3) is 0 Å². The number of ether oxygens (including phenoxy) is 1. The van der Waals surface area contributed by atoms with Crippen LogP contribution in [0, 0.1) is 28.6 Å². The molecular formula is C24H32O6. The third-order valence-corrected chi connectivity index (χ3v) is 10.3. The van der Waals surface area contributed by atoms with Crippen molar-refractivity contribution in [1.29, 1.82) is 0 Å². The molecule has 0 bridgehead atoms. The lowest BCUT2D eigenvalue weighted by molar-refractivity contribution is -0.188. The highest BCUT2D eigenvalue weighted by molar-refractivity contribution is 5.38. The largest absolute Gasteiger partial charge is 0.431 e. The number of aliphatic hydroxyl groups is 3. The topological polar surface area (TPSA) is 103 Å². The van der Waals surface area contributed by atoms with Crippen LogP contribution in [-0.2, 0) is 4.74 Å². The van der Waals surface area contributed by atoms with Crippen molar-refractivity contribution < 1.29 is 24.5 Å². The van der Waals surface area contributed by atoms with Crippen LogP contribution in [0.1, 0.15) is 63.9 Å². The summed E-state index contributed by atoms with van der Waals surface area (Å²) in [5.74, 6) is 0.838. The number of epoxide rings is 1. The average molecular weight is 417 g/mol. The van der Waals surface area contributed by atoms with Crippen LogP contribution in [0.15, 0.2) is 27.6 Å². The van der Waals surface area contributed by atoms with Gasteiger partial charge in [-0.1, -0.05) is 13.8 Å². The van der Waals surface area contributed by atoms with E-state index in [9.17, 15) is 20.1 Å². The predicted molar refractivity (Wildman–Crippen MR) is 108 cm³/mol. The van der Waals surface area contributed by atoms with E-state index in [0.29, 0.717) is 24.2 Å². The summed E-state index contributed by atoms with van der Waals surface area (Å²) in [5, 5.41) is 32.6. The van der Waals surface area contributed by atoms with Crippen molar-refractivity contribution in [1.82, 2.24) is 0 Å². The first kappa shape index (κ1) is 19.5. The Hall–Kier alpha value is -1.21. The minimum atomic E-state index is -0.620. The van der Waals surface area contributed by atoms with Gasteiger partial charge in [-0.05, 0) is 73.3 Å². The van der Waals surface area contributed by atoms with E-state index in [-0.39, 0.29) is 34.1 Å². The molecule has 0 amide bonds. The first-order valence-corrected chi connectivity index (χ1v) is 11.5. The Morgan fingerprint density at radius 2 is 1.83 bits per heavy atom. The second-order valence-electron chi connectivity index (χ2n) is 11.1. The van der Waals surface area contributed by atoms with Crippen LogP contribution in [0.5, 0.6) is 0 Å². The lowest BCUT2D eigenvalue weighted by Crippen LogP contribution is -2.62. The third kappa shape index (κ3) is 2.11. The number of hydrogen-bond donors (Lipinski definition) is 3. The molecule has 1 saturated heterocycles. The predicted octanol–water partition coefficient (Wildman–Crippen LogP) is 2.20. The van der Waals surface area contributed by atoms with Crippen molar-refractivity contribution in [2.75, 3.05) is 0 Å². The van der Waals surface area contributed by atoms with Gasteiger partial charge in [0.2, 0.25) is 0 Å². The summed E-state index contributed by atoms with van der Waals surface area (Å²) in [5.41, 5.74) is -0.326. The highest BCUT2D eigenvalue weighted by Crippen LogP contribution is 2.77. The van der Waals surface area contributed by atoms with Gasteiger partial charge in [-0.3, -0.25) is 0 Å². The second kappa shape index (κ2) is 5.97. The van der Waals surface area contributed by atoms with Crippen molar-refractivity contribution in [3.63, 3.8) is 0 Å². The average Bonchev–Trinajstić information content (AvgIpc) is 3.41. The smallest absolute Gasteiger partial charge is 0.335 e. The molecule has 5 aliphatic rings. The molecule has 164 valence electrons. The van der Waals surface area contributed by atoms with Crippen LogP contribution in [0.3, 0.4) is 0 Å². The molecule has 1 spiro atoms. The molecule has 0 aromatic carbocycles. The van der Waals surface area contributed by atoms with Crippen molar-refractivity contribution in [2.24, 2.45) is 28.6 Å². The molecular weight excluding hydrogens is 384 g/mol. The van der Waals surface area contributed by atoms with Crippen LogP contribution >= 0.6 is 0 Å². The van der Waals surface area contributed by atoms with E-state index in [1.165, 1.54) is 12.3 Å². The summed E-state index contributed by atoms with van der Waals surface area (Å²) in [6.45, 7) is 4.47. The normalized spacial score (nSPS) is 56.4. The highest BCUT2D eigenvalue weighted by Gasteiger charge is 2.84. The fourth-order valence-electron chi connectivity index (χ4n) is 8.87. The van der Waals surface area contributed by atoms with E-state index < -0.39 is 18.3 Å². The van der Waals surface area contributed by atoms with Crippen molar-refractivity contribution in [3.05, 3.63) is 34.4 Å². The quantitative estimate of drug-likeness (QED) is 0.607. The molecule has 4 saturated carbocycles. The third-order valence-electron chi connectivity index (χ3n) is 10.3.